The van der Waals surface area contributed by atoms with Crippen LogP contribution >= 0.6 is 0 Å². The molecule has 1 heterocycles. The Hall–Kier alpha value is -3.41. The number of para-hydroxylation sites is 1. The topological polar surface area (TPSA) is 84.2 Å². The molecule has 0 bridgehead atoms. The van der Waals surface area contributed by atoms with E-state index < -0.39 is 0 Å². The molecule has 0 aliphatic rings. The van der Waals surface area contributed by atoms with Gasteiger partial charge in [0.1, 0.15) is 0 Å². The lowest BCUT2D eigenvalue weighted by Crippen LogP contribution is -2.22. The minimum atomic E-state index is -0.369. The lowest BCUT2D eigenvalue weighted by Gasteiger charge is -2.03. The molecule has 0 saturated heterocycles. The summed E-state index contributed by atoms with van der Waals surface area (Å²) in [7, 11) is 0. The van der Waals surface area contributed by atoms with Crippen molar-refractivity contribution in [2.24, 2.45) is 0 Å². The zero-order valence-corrected chi connectivity index (χ0v) is 13.7. The predicted octanol–water partition coefficient (Wildman–Crippen LogP) is 3.17. The lowest BCUT2D eigenvalue weighted by molar-refractivity contribution is 0.0945. The molecule has 0 aliphatic carbocycles. The van der Waals surface area contributed by atoms with E-state index in [9.17, 15) is 9.59 Å². The van der Waals surface area contributed by atoms with E-state index in [0.717, 1.165) is 5.56 Å². The monoisotopic (exact) mass is 335 g/mol. The van der Waals surface area contributed by atoms with Crippen molar-refractivity contribution < 1.29 is 14.1 Å². The Bertz CT molecular complexity index is 870. The number of amides is 2. The van der Waals surface area contributed by atoms with Gasteiger partial charge < -0.3 is 15.2 Å². The fourth-order valence-electron chi connectivity index (χ4n) is 2.19. The van der Waals surface area contributed by atoms with E-state index in [1.165, 1.54) is 6.07 Å². The molecule has 1 aromatic heterocycles. The van der Waals surface area contributed by atoms with E-state index >= 15 is 0 Å². The lowest BCUT2D eigenvalue weighted by atomic mass is 10.1. The fraction of sp³-hybridized carbons (Fsp3) is 0.105. The van der Waals surface area contributed by atoms with Gasteiger partial charge in [0.25, 0.3) is 11.8 Å². The molecule has 0 fully saturated rings. The number of benzene rings is 2. The molecule has 2 N–H and O–H groups in total. The van der Waals surface area contributed by atoms with Gasteiger partial charge in [-0.25, -0.2) is 0 Å². The summed E-state index contributed by atoms with van der Waals surface area (Å²) in [5.41, 5.74) is 2.47. The van der Waals surface area contributed by atoms with Crippen molar-refractivity contribution >= 4 is 17.5 Å². The van der Waals surface area contributed by atoms with E-state index in [0.29, 0.717) is 17.0 Å². The smallest absolute Gasteiger partial charge is 0.277 e. The number of hydrogen-bond acceptors (Lipinski definition) is 4. The highest BCUT2D eigenvalue weighted by atomic mass is 16.5. The summed E-state index contributed by atoms with van der Waals surface area (Å²) < 4.78 is 5.10. The third-order valence-electron chi connectivity index (χ3n) is 3.56. The highest BCUT2D eigenvalue weighted by molar-refractivity contribution is 6.02. The highest BCUT2D eigenvalue weighted by Crippen LogP contribution is 2.10. The third kappa shape index (κ3) is 4.32. The third-order valence-corrected chi connectivity index (χ3v) is 3.56. The number of aromatic nitrogens is 1. The van der Waals surface area contributed by atoms with Crippen LogP contribution in [0.2, 0.25) is 0 Å². The number of carbonyl (C=O) groups is 2. The normalized spacial score (nSPS) is 10.3. The summed E-state index contributed by atoms with van der Waals surface area (Å²) in [5.74, 6) is -0.184. The standard InChI is InChI=1S/C19H17N3O3/c1-13-7-9-14(10-8-13)18(23)20-12-16-11-17(22-25-16)19(24)21-15-5-3-2-4-6-15/h2-11H,12H2,1H3,(H,20,23)(H,21,24). The summed E-state index contributed by atoms with van der Waals surface area (Å²) >= 11 is 0. The second kappa shape index (κ2) is 7.44. The second-order valence-electron chi connectivity index (χ2n) is 5.55. The molecule has 25 heavy (non-hydrogen) atoms. The second-order valence-corrected chi connectivity index (χ2v) is 5.55. The fourth-order valence-corrected chi connectivity index (χ4v) is 2.19. The highest BCUT2D eigenvalue weighted by Gasteiger charge is 2.13. The molecule has 3 rings (SSSR count). The Labute approximate surface area is 144 Å². The van der Waals surface area contributed by atoms with Crippen molar-refractivity contribution in [2.45, 2.75) is 13.5 Å². The van der Waals surface area contributed by atoms with E-state index in [-0.39, 0.29) is 24.1 Å². The molecule has 126 valence electrons. The van der Waals surface area contributed by atoms with Gasteiger partial charge in [-0.15, -0.1) is 0 Å². The summed E-state index contributed by atoms with van der Waals surface area (Å²) in [6.07, 6.45) is 0. The van der Waals surface area contributed by atoms with Gasteiger partial charge >= 0.3 is 0 Å². The Morgan fingerprint density at radius 2 is 1.72 bits per heavy atom. The molecular formula is C19H17N3O3. The van der Waals surface area contributed by atoms with Crippen molar-refractivity contribution in [1.29, 1.82) is 0 Å². The van der Waals surface area contributed by atoms with Crippen molar-refractivity contribution in [3.63, 3.8) is 0 Å². The van der Waals surface area contributed by atoms with Crippen LogP contribution in [-0.4, -0.2) is 17.0 Å². The zero-order chi connectivity index (χ0) is 17.6. The van der Waals surface area contributed by atoms with Crippen LogP contribution in [0.15, 0.2) is 65.2 Å². The quantitative estimate of drug-likeness (QED) is 0.750. The zero-order valence-electron chi connectivity index (χ0n) is 13.7. The van der Waals surface area contributed by atoms with Gasteiger partial charge in [0, 0.05) is 17.3 Å². The maximum absolute atomic E-state index is 12.1. The first-order valence-corrected chi connectivity index (χ1v) is 7.79. The minimum Gasteiger partial charge on any atom is -0.359 e. The first-order chi connectivity index (χ1) is 12.1. The molecule has 0 spiro atoms. The summed E-state index contributed by atoms with van der Waals surface area (Å²) in [6.45, 7) is 2.11. The van der Waals surface area contributed by atoms with Gasteiger partial charge in [0.2, 0.25) is 0 Å². The van der Waals surface area contributed by atoms with Crippen molar-refractivity contribution in [1.82, 2.24) is 10.5 Å². The molecule has 0 saturated carbocycles. The maximum Gasteiger partial charge on any atom is 0.277 e. The molecule has 0 atom stereocenters. The van der Waals surface area contributed by atoms with Gasteiger partial charge in [-0.1, -0.05) is 41.1 Å². The number of rotatable bonds is 5. The van der Waals surface area contributed by atoms with Gasteiger partial charge in [0.05, 0.1) is 6.54 Å². The van der Waals surface area contributed by atoms with Crippen molar-refractivity contribution in [2.75, 3.05) is 5.32 Å². The summed E-state index contributed by atoms with van der Waals surface area (Å²) in [4.78, 5) is 24.2. The molecule has 0 radical (unpaired) electrons. The molecule has 2 amide bonds. The molecule has 3 aromatic rings. The maximum atomic E-state index is 12.1. The SMILES string of the molecule is Cc1ccc(C(=O)NCc2cc(C(=O)Nc3ccccc3)no2)cc1. The van der Waals surface area contributed by atoms with Gasteiger partial charge in [0.15, 0.2) is 11.5 Å². The van der Waals surface area contributed by atoms with Crippen molar-refractivity contribution in [3.05, 3.63) is 83.2 Å². The predicted molar refractivity (Wildman–Crippen MR) is 93.2 cm³/mol. The number of anilines is 1. The molecule has 6 nitrogen and oxygen atoms in total. The molecular weight excluding hydrogens is 318 g/mol. The Morgan fingerprint density at radius 3 is 2.44 bits per heavy atom. The number of carbonyl (C=O) groups excluding carboxylic acids is 2. The van der Waals surface area contributed by atoms with Crippen LogP contribution in [0, 0.1) is 6.92 Å². The molecule has 2 aromatic carbocycles. The first-order valence-electron chi connectivity index (χ1n) is 7.79. The van der Waals surface area contributed by atoms with E-state index in [4.69, 9.17) is 4.52 Å². The average Bonchev–Trinajstić information content (AvgIpc) is 3.10. The number of hydrogen-bond donors (Lipinski definition) is 2. The Kier molecular flexibility index (Phi) is 4.89. The summed E-state index contributed by atoms with van der Waals surface area (Å²) in [5, 5.41) is 9.19. The molecule has 0 aliphatic heterocycles. The van der Waals surface area contributed by atoms with Crippen LogP contribution in [0.25, 0.3) is 0 Å². The number of aryl methyl sites for hydroxylation is 1. The van der Waals surface area contributed by atoms with Crippen LogP contribution in [0.5, 0.6) is 0 Å². The Morgan fingerprint density at radius 1 is 1.00 bits per heavy atom. The Balaban J connectivity index is 1.57. The van der Waals surface area contributed by atoms with Crippen LogP contribution < -0.4 is 10.6 Å². The molecule has 6 heteroatoms. The first kappa shape index (κ1) is 16.4. The number of nitrogens with zero attached hydrogens (tertiary/aromatic N) is 1. The van der Waals surface area contributed by atoms with Crippen LogP contribution in [0.1, 0.15) is 32.2 Å². The van der Waals surface area contributed by atoms with Crippen LogP contribution in [-0.2, 0) is 6.54 Å². The van der Waals surface area contributed by atoms with Gasteiger partial charge in [-0.05, 0) is 31.2 Å². The van der Waals surface area contributed by atoms with Gasteiger partial charge in [-0.2, -0.15) is 0 Å². The molecule has 0 unspecified atom stereocenters. The van der Waals surface area contributed by atoms with E-state index in [1.54, 1.807) is 24.3 Å². The van der Waals surface area contributed by atoms with E-state index in [1.807, 2.05) is 37.3 Å². The van der Waals surface area contributed by atoms with E-state index in [2.05, 4.69) is 15.8 Å². The van der Waals surface area contributed by atoms with Crippen LogP contribution in [0.4, 0.5) is 5.69 Å². The van der Waals surface area contributed by atoms with Gasteiger partial charge in [-0.3, -0.25) is 9.59 Å². The summed E-state index contributed by atoms with van der Waals surface area (Å²) in [6, 6.07) is 17.8. The van der Waals surface area contributed by atoms with Crippen molar-refractivity contribution in [3.8, 4) is 0 Å². The largest absolute Gasteiger partial charge is 0.359 e. The van der Waals surface area contributed by atoms with Crippen LogP contribution in [0.3, 0.4) is 0 Å². The average molecular weight is 335 g/mol. The minimum absolute atomic E-state index is 0.151. The number of nitrogens with one attached hydrogen (secondary N) is 2.